The highest BCUT2D eigenvalue weighted by Crippen LogP contribution is 2.29. The van der Waals surface area contributed by atoms with Gasteiger partial charge in [-0.05, 0) is 38.5 Å². The molecule has 0 saturated carbocycles. The van der Waals surface area contributed by atoms with Gasteiger partial charge in [0.2, 0.25) is 5.91 Å². The van der Waals surface area contributed by atoms with E-state index in [-0.39, 0.29) is 49.3 Å². The van der Waals surface area contributed by atoms with Gasteiger partial charge in [0.1, 0.15) is 18.5 Å². The van der Waals surface area contributed by atoms with Gasteiger partial charge in [-0.3, -0.25) is 10.2 Å². The number of hydrogen-bond acceptors (Lipinski definition) is 5. The SMILES string of the molecule is CC(C)(C)NCC(O)COc1cccc2[nH]cc(CC(=O)NN)c12.Cl.Cl. The Morgan fingerprint density at radius 1 is 1.35 bits per heavy atom. The monoisotopic (exact) mass is 406 g/mol. The molecule has 0 saturated heterocycles. The molecule has 6 N–H and O–H groups in total. The largest absolute Gasteiger partial charge is 0.490 e. The molecule has 0 spiro atoms. The van der Waals surface area contributed by atoms with E-state index in [1.807, 2.05) is 39.0 Å². The summed E-state index contributed by atoms with van der Waals surface area (Å²) in [5.74, 6) is 5.51. The molecular formula is C17H28Cl2N4O3. The Labute approximate surface area is 165 Å². The van der Waals surface area contributed by atoms with Gasteiger partial charge < -0.3 is 20.1 Å². The van der Waals surface area contributed by atoms with Crippen molar-refractivity contribution in [3.05, 3.63) is 30.0 Å². The fourth-order valence-corrected chi connectivity index (χ4v) is 2.37. The number of aromatic nitrogens is 1. The predicted octanol–water partition coefficient (Wildman–Crippen LogP) is 1.67. The van der Waals surface area contributed by atoms with Crippen molar-refractivity contribution < 1.29 is 14.6 Å². The number of aliphatic hydroxyl groups excluding tert-OH is 1. The number of ether oxygens (including phenoxy) is 1. The Morgan fingerprint density at radius 3 is 2.65 bits per heavy atom. The number of hydrogen-bond donors (Lipinski definition) is 5. The molecule has 0 fully saturated rings. The molecule has 9 heteroatoms. The third kappa shape index (κ3) is 7.01. The molecule has 1 amide bonds. The van der Waals surface area contributed by atoms with Crippen molar-refractivity contribution in [2.75, 3.05) is 13.2 Å². The first-order chi connectivity index (χ1) is 11.3. The molecule has 0 aliphatic carbocycles. The summed E-state index contributed by atoms with van der Waals surface area (Å²) in [6.45, 7) is 6.71. The molecule has 1 unspecified atom stereocenters. The minimum Gasteiger partial charge on any atom is -0.490 e. The number of aliphatic hydroxyl groups is 1. The maximum Gasteiger partial charge on any atom is 0.238 e. The van der Waals surface area contributed by atoms with Crippen molar-refractivity contribution >= 4 is 41.6 Å². The quantitative estimate of drug-likeness (QED) is 0.272. The molecule has 0 aliphatic heterocycles. The summed E-state index contributed by atoms with van der Waals surface area (Å²) < 4.78 is 5.79. The van der Waals surface area contributed by atoms with E-state index in [1.165, 1.54) is 0 Å². The average Bonchev–Trinajstić information content (AvgIpc) is 2.93. The van der Waals surface area contributed by atoms with E-state index in [1.54, 1.807) is 6.20 Å². The van der Waals surface area contributed by atoms with Crippen LogP contribution >= 0.6 is 24.8 Å². The van der Waals surface area contributed by atoms with E-state index in [9.17, 15) is 9.90 Å². The molecule has 26 heavy (non-hydrogen) atoms. The number of aromatic amines is 1. The van der Waals surface area contributed by atoms with Crippen LogP contribution in [0.15, 0.2) is 24.4 Å². The second kappa shape index (κ2) is 10.6. The number of amides is 1. The molecule has 0 aliphatic rings. The van der Waals surface area contributed by atoms with Crippen LogP contribution in [0.5, 0.6) is 5.75 Å². The fraction of sp³-hybridized carbons (Fsp3) is 0.471. The number of fused-ring (bicyclic) bond motifs is 1. The van der Waals surface area contributed by atoms with Crippen LogP contribution in [-0.4, -0.2) is 40.8 Å². The Balaban J connectivity index is 0.00000312. The standard InChI is InChI=1S/C17H26N4O3.2ClH/c1-17(2,3)20-9-12(22)10-24-14-6-4-5-13-16(14)11(8-19-13)7-15(23)21-18;;/h4-6,8,12,19-20,22H,7,9-10,18H2,1-3H3,(H,21,23);2*1H. The van der Waals surface area contributed by atoms with Crippen molar-refractivity contribution in [2.24, 2.45) is 5.84 Å². The van der Waals surface area contributed by atoms with Crippen LogP contribution < -0.4 is 21.3 Å². The van der Waals surface area contributed by atoms with Crippen LogP contribution in [0, 0.1) is 0 Å². The number of benzene rings is 1. The van der Waals surface area contributed by atoms with E-state index in [2.05, 4.69) is 15.7 Å². The number of nitrogens with one attached hydrogen (secondary N) is 3. The molecule has 1 heterocycles. The first kappa shape index (κ1) is 24.5. The zero-order valence-electron chi connectivity index (χ0n) is 15.2. The minimum absolute atomic E-state index is 0. The number of halogens is 2. The van der Waals surface area contributed by atoms with Crippen LogP contribution in [-0.2, 0) is 11.2 Å². The molecule has 0 radical (unpaired) electrons. The van der Waals surface area contributed by atoms with Gasteiger partial charge in [0.05, 0.1) is 6.42 Å². The number of hydrazine groups is 1. The topological polar surface area (TPSA) is 112 Å². The lowest BCUT2D eigenvalue weighted by Gasteiger charge is -2.23. The highest BCUT2D eigenvalue weighted by molar-refractivity contribution is 5.93. The number of H-pyrrole nitrogens is 1. The van der Waals surface area contributed by atoms with Crippen molar-refractivity contribution in [3.63, 3.8) is 0 Å². The number of β-amino-alcohol motifs (C(OH)–C–C–N with tert-alkyl or cyclic N) is 1. The molecule has 148 valence electrons. The van der Waals surface area contributed by atoms with Gasteiger partial charge in [0.15, 0.2) is 0 Å². The first-order valence-corrected chi connectivity index (χ1v) is 7.94. The Kier molecular flexibility index (Phi) is 9.98. The maximum atomic E-state index is 11.5. The molecule has 1 aromatic heterocycles. The van der Waals surface area contributed by atoms with Gasteiger partial charge in [-0.2, -0.15) is 0 Å². The second-order valence-corrected chi connectivity index (χ2v) is 6.83. The Bertz CT molecular complexity index is 701. The van der Waals surface area contributed by atoms with Crippen LogP contribution in [0.3, 0.4) is 0 Å². The van der Waals surface area contributed by atoms with E-state index in [4.69, 9.17) is 10.6 Å². The number of carbonyl (C=O) groups is 1. The minimum atomic E-state index is -0.630. The van der Waals surface area contributed by atoms with Gasteiger partial charge >= 0.3 is 0 Å². The smallest absolute Gasteiger partial charge is 0.238 e. The van der Waals surface area contributed by atoms with Crippen LogP contribution in [0.2, 0.25) is 0 Å². The summed E-state index contributed by atoms with van der Waals surface area (Å²) >= 11 is 0. The van der Waals surface area contributed by atoms with Crippen molar-refractivity contribution in [1.82, 2.24) is 15.7 Å². The summed E-state index contributed by atoms with van der Waals surface area (Å²) in [4.78, 5) is 14.7. The summed E-state index contributed by atoms with van der Waals surface area (Å²) in [7, 11) is 0. The zero-order valence-corrected chi connectivity index (χ0v) is 16.8. The summed E-state index contributed by atoms with van der Waals surface area (Å²) in [6.07, 6.45) is 1.30. The Hall–Kier alpha value is -1.51. The lowest BCUT2D eigenvalue weighted by atomic mass is 10.1. The first-order valence-electron chi connectivity index (χ1n) is 7.94. The summed E-state index contributed by atoms with van der Waals surface area (Å²) in [5, 5.41) is 14.1. The van der Waals surface area contributed by atoms with Crippen molar-refractivity contribution in [3.8, 4) is 5.75 Å². The zero-order chi connectivity index (χ0) is 17.7. The lowest BCUT2D eigenvalue weighted by molar-refractivity contribution is -0.120. The van der Waals surface area contributed by atoms with E-state index < -0.39 is 6.10 Å². The number of carbonyl (C=O) groups excluding carboxylic acids is 1. The third-order valence-corrected chi connectivity index (χ3v) is 3.56. The van der Waals surface area contributed by atoms with Gasteiger partial charge in [0, 0.05) is 29.2 Å². The third-order valence-electron chi connectivity index (χ3n) is 3.56. The highest BCUT2D eigenvalue weighted by Gasteiger charge is 2.15. The predicted molar refractivity (Wildman–Crippen MR) is 108 cm³/mol. The molecular weight excluding hydrogens is 379 g/mol. The van der Waals surface area contributed by atoms with Gasteiger partial charge in [-0.25, -0.2) is 5.84 Å². The van der Waals surface area contributed by atoms with Gasteiger partial charge in [0.25, 0.3) is 0 Å². The van der Waals surface area contributed by atoms with Crippen molar-refractivity contribution in [1.29, 1.82) is 0 Å². The lowest BCUT2D eigenvalue weighted by Crippen LogP contribution is -2.42. The van der Waals surface area contributed by atoms with E-state index in [0.29, 0.717) is 12.3 Å². The summed E-state index contributed by atoms with van der Waals surface area (Å²) in [6, 6.07) is 5.59. The van der Waals surface area contributed by atoms with Crippen LogP contribution in [0.4, 0.5) is 0 Å². The van der Waals surface area contributed by atoms with Crippen LogP contribution in [0.1, 0.15) is 26.3 Å². The molecule has 1 atom stereocenters. The van der Waals surface area contributed by atoms with Crippen LogP contribution in [0.25, 0.3) is 10.9 Å². The molecule has 2 rings (SSSR count). The highest BCUT2D eigenvalue weighted by atomic mass is 35.5. The average molecular weight is 407 g/mol. The Morgan fingerprint density at radius 2 is 2.04 bits per heavy atom. The summed E-state index contributed by atoms with van der Waals surface area (Å²) in [5.41, 5.74) is 3.73. The maximum absolute atomic E-state index is 11.5. The van der Waals surface area contributed by atoms with E-state index >= 15 is 0 Å². The molecule has 0 bridgehead atoms. The van der Waals surface area contributed by atoms with Gasteiger partial charge in [-0.15, -0.1) is 24.8 Å². The second-order valence-electron chi connectivity index (χ2n) is 6.83. The normalized spacial score (nSPS) is 12.0. The molecule has 7 nitrogen and oxygen atoms in total. The number of nitrogens with two attached hydrogens (primary N) is 1. The number of rotatable bonds is 7. The van der Waals surface area contributed by atoms with Gasteiger partial charge in [-0.1, -0.05) is 6.07 Å². The molecule has 1 aromatic carbocycles. The molecule has 2 aromatic rings. The van der Waals surface area contributed by atoms with E-state index in [0.717, 1.165) is 16.5 Å². The fourth-order valence-electron chi connectivity index (χ4n) is 2.37. The van der Waals surface area contributed by atoms with Crippen molar-refractivity contribution in [2.45, 2.75) is 38.8 Å².